The molecule has 1 N–H and O–H groups in total. The first-order valence-electron chi connectivity index (χ1n) is 17.6. The zero-order valence-corrected chi connectivity index (χ0v) is 32.7. The fourth-order valence-corrected chi connectivity index (χ4v) is 7.09. The van der Waals surface area contributed by atoms with E-state index >= 15 is 0 Å². The van der Waals surface area contributed by atoms with E-state index in [1.807, 2.05) is 63.9 Å². The van der Waals surface area contributed by atoms with E-state index in [-0.39, 0.29) is 58.9 Å². The minimum Gasteiger partial charge on any atom is -0.475 e. The Bertz CT molecular complexity index is 2030. The first-order valence-corrected chi connectivity index (χ1v) is 19.1. The number of amides is 1. The summed E-state index contributed by atoms with van der Waals surface area (Å²) in [6.07, 6.45) is 2.24. The number of anilines is 2. The first kappa shape index (κ1) is 38.6. The normalized spacial score (nSPS) is 16.1. The van der Waals surface area contributed by atoms with E-state index in [1.165, 1.54) is 12.1 Å². The number of hydrogen-bond acceptors (Lipinski definition) is 10. The standard InChI is InChI=1S/C39H51N7O5S/c1-24(2)45(10)33-17-18-40-32(41-33)21-46-30(20-39(7,8)9)23-51-36-27(6)35(34-26(5)13-11-15-29(34)22-50-25(3)4)42-38(43-36)44-52(48,49)31-16-12-14-28(19-31)37(46)47/h11-19,24-25,30H,20-23H2,1-10H3,(H,42,43,44)/t30-/m1/s1. The van der Waals surface area contributed by atoms with Crippen molar-refractivity contribution in [3.63, 3.8) is 0 Å². The summed E-state index contributed by atoms with van der Waals surface area (Å²) in [6, 6.07) is 13.5. The molecular weight excluding hydrogens is 679 g/mol. The number of benzene rings is 2. The lowest BCUT2D eigenvalue weighted by Gasteiger charge is -2.35. The van der Waals surface area contributed by atoms with Crippen LogP contribution in [-0.4, -0.2) is 71.0 Å². The Morgan fingerprint density at radius 1 is 1.04 bits per heavy atom. The second-order valence-corrected chi connectivity index (χ2v) is 16.8. The van der Waals surface area contributed by atoms with Crippen molar-refractivity contribution >= 4 is 27.7 Å². The predicted molar refractivity (Wildman–Crippen MR) is 203 cm³/mol. The minimum absolute atomic E-state index is 0.000704. The minimum atomic E-state index is -4.23. The van der Waals surface area contributed by atoms with Gasteiger partial charge in [-0.2, -0.15) is 4.98 Å². The molecule has 0 spiro atoms. The molecule has 0 fully saturated rings. The van der Waals surface area contributed by atoms with Crippen molar-refractivity contribution in [1.82, 2.24) is 24.8 Å². The van der Waals surface area contributed by atoms with Crippen molar-refractivity contribution in [2.75, 3.05) is 23.3 Å². The van der Waals surface area contributed by atoms with Crippen molar-refractivity contribution in [2.24, 2.45) is 5.41 Å². The smallest absolute Gasteiger partial charge is 0.264 e. The molecule has 13 heteroatoms. The zero-order chi connectivity index (χ0) is 38.0. The Morgan fingerprint density at radius 3 is 2.46 bits per heavy atom. The third-order valence-electron chi connectivity index (χ3n) is 8.99. The SMILES string of the molecule is Cc1cccc(COC(C)C)c1-c1nc2nc(c1C)OC[C@@H](CC(C)(C)C)N(Cc1nccc(N(C)C(C)C)n1)C(=O)c1cccc(c1)S(=O)(=O)N2. The largest absolute Gasteiger partial charge is 0.475 e. The van der Waals surface area contributed by atoms with Crippen molar-refractivity contribution in [3.05, 3.63) is 82.8 Å². The average molecular weight is 730 g/mol. The van der Waals surface area contributed by atoms with Gasteiger partial charge in [0.1, 0.15) is 18.2 Å². The molecular formula is C39H51N7O5S. The van der Waals surface area contributed by atoms with Crippen LogP contribution >= 0.6 is 0 Å². The van der Waals surface area contributed by atoms with E-state index in [2.05, 4.69) is 49.3 Å². The number of fused-ring (bicyclic) bond motifs is 4. The summed E-state index contributed by atoms with van der Waals surface area (Å²) in [4.78, 5) is 37.0. The van der Waals surface area contributed by atoms with Crippen LogP contribution < -0.4 is 14.4 Å². The summed E-state index contributed by atoms with van der Waals surface area (Å²) in [7, 11) is -2.27. The van der Waals surface area contributed by atoms with Crippen LogP contribution in [0.15, 0.2) is 59.6 Å². The third-order valence-corrected chi connectivity index (χ3v) is 10.3. The van der Waals surface area contributed by atoms with E-state index in [9.17, 15) is 13.2 Å². The highest BCUT2D eigenvalue weighted by Gasteiger charge is 2.33. The van der Waals surface area contributed by atoms with E-state index in [1.54, 1.807) is 23.2 Å². The van der Waals surface area contributed by atoms with E-state index in [4.69, 9.17) is 19.4 Å². The maximum atomic E-state index is 14.6. The van der Waals surface area contributed by atoms with Gasteiger partial charge >= 0.3 is 0 Å². The highest BCUT2D eigenvalue weighted by Crippen LogP contribution is 2.35. The summed E-state index contributed by atoms with van der Waals surface area (Å²) in [5, 5.41) is 0. The van der Waals surface area contributed by atoms with Crippen LogP contribution in [-0.2, 0) is 27.9 Å². The van der Waals surface area contributed by atoms with Gasteiger partial charge in [0.05, 0.1) is 35.9 Å². The lowest BCUT2D eigenvalue weighted by Crippen LogP contribution is -2.45. The van der Waals surface area contributed by atoms with Gasteiger partial charge in [-0.1, -0.05) is 45.0 Å². The molecule has 2 aromatic heterocycles. The van der Waals surface area contributed by atoms with Gasteiger partial charge in [0.15, 0.2) is 0 Å². The molecule has 0 unspecified atom stereocenters. The lowest BCUT2D eigenvalue weighted by molar-refractivity contribution is 0.0504. The number of ether oxygens (including phenoxy) is 2. The number of hydrogen-bond donors (Lipinski definition) is 1. The summed E-state index contributed by atoms with van der Waals surface area (Å²) in [5.41, 5.74) is 3.77. The highest BCUT2D eigenvalue weighted by molar-refractivity contribution is 7.92. The summed E-state index contributed by atoms with van der Waals surface area (Å²) < 4.78 is 42.9. The molecule has 1 atom stereocenters. The molecule has 4 aromatic rings. The number of aryl methyl sites for hydroxylation is 1. The predicted octanol–water partition coefficient (Wildman–Crippen LogP) is 6.96. The maximum absolute atomic E-state index is 14.6. The molecule has 0 radical (unpaired) electrons. The lowest BCUT2D eigenvalue weighted by atomic mass is 9.87. The summed E-state index contributed by atoms with van der Waals surface area (Å²) in [6.45, 7) is 18.7. The quantitative estimate of drug-likeness (QED) is 0.192. The Hall–Kier alpha value is -4.62. The second-order valence-electron chi connectivity index (χ2n) is 15.1. The van der Waals surface area contributed by atoms with Crippen molar-refractivity contribution in [2.45, 2.75) is 105 Å². The molecule has 1 amide bonds. The van der Waals surface area contributed by atoms with E-state index in [0.717, 1.165) is 22.5 Å². The first-order chi connectivity index (χ1) is 24.4. The Balaban J connectivity index is 1.69. The Kier molecular flexibility index (Phi) is 11.5. The monoisotopic (exact) mass is 729 g/mol. The van der Waals surface area contributed by atoms with Gasteiger partial charge in [-0.05, 0) is 88.8 Å². The maximum Gasteiger partial charge on any atom is 0.264 e. The number of nitrogens with zero attached hydrogens (tertiary/aromatic N) is 6. The third kappa shape index (κ3) is 9.05. The van der Waals surface area contributed by atoms with Gasteiger partial charge in [-0.3, -0.25) is 4.79 Å². The van der Waals surface area contributed by atoms with Crippen LogP contribution in [0.5, 0.6) is 5.88 Å². The Morgan fingerprint density at radius 2 is 1.77 bits per heavy atom. The van der Waals surface area contributed by atoms with Crippen LogP contribution in [0.25, 0.3) is 11.3 Å². The molecule has 2 aromatic carbocycles. The molecule has 0 saturated heterocycles. The van der Waals surface area contributed by atoms with Crippen LogP contribution in [0.2, 0.25) is 0 Å². The van der Waals surface area contributed by atoms with Crippen LogP contribution in [0, 0.1) is 19.3 Å². The topological polar surface area (TPSA) is 140 Å². The molecule has 52 heavy (non-hydrogen) atoms. The molecule has 1 aliphatic heterocycles. The van der Waals surface area contributed by atoms with Gasteiger partial charge in [0.25, 0.3) is 15.9 Å². The molecule has 3 heterocycles. The fourth-order valence-electron chi connectivity index (χ4n) is 6.10. The number of sulfonamides is 1. The van der Waals surface area contributed by atoms with Gasteiger partial charge in [0, 0.05) is 36.0 Å². The number of rotatable bonds is 9. The van der Waals surface area contributed by atoms with Gasteiger partial charge in [0.2, 0.25) is 11.8 Å². The van der Waals surface area contributed by atoms with E-state index in [0.29, 0.717) is 30.1 Å². The molecule has 4 bridgehead atoms. The second kappa shape index (κ2) is 15.5. The number of nitrogens with one attached hydrogen (secondary N) is 1. The van der Waals surface area contributed by atoms with Crippen molar-refractivity contribution in [3.8, 4) is 17.1 Å². The van der Waals surface area contributed by atoms with Crippen LogP contribution in [0.3, 0.4) is 0 Å². The zero-order valence-electron chi connectivity index (χ0n) is 31.9. The van der Waals surface area contributed by atoms with Crippen molar-refractivity contribution in [1.29, 1.82) is 0 Å². The van der Waals surface area contributed by atoms with Gasteiger partial charge < -0.3 is 19.3 Å². The molecule has 0 aliphatic carbocycles. The number of carbonyl (C=O) groups excluding carboxylic acids is 1. The van der Waals surface area contributed by atoms with E-state index < -0.39 is 16.1 Å². The number of carbonyl (C=O) groups is 1. The molecule has 1 aliphatic rings. The molecule has 5 rings (SSSR count). The van der Waals surface area contributed by atoms with Gasteiger partial charge in [-0.15, -0.1) is 0 Å². The summed E-state index contributed by atoms with van der Waals surface area (Å²) >= 11 is 0. The average Bonchev–Trinajstić information content (AvgIpc) is 3.08. The van der Waals surface area contributed by atoms with Crippen LogP contribution in [0.4, 0.5) is 11.8 Å². The number of aromatic nitrogens is 4. The fraction of sp³-hybridized carbons (Fsp3) is 0.462. The van der Waals surface area contributed by atoms with Gasteiger partial charge in [-0.25, -0.2) is 28.1 Å². The highest BCUT2D eigenvalue weighted by atomic mass is 32.2. The van der Waals surface area contributed by atoms with Crippen LogP contribution in [0.1, 0.15) is 87.8 Å². The van der Waals surface area contributed by atoms with Crippen molar-refractivity contribution < 1.29 is 22.7 Å². The molecule has 0 saturated carbocycles. The molecule has 278 valence electrons. The molecule has 12 nitrogen and oxygen atoms in total. The summed E-state index contributed by atoms with van der Waals surface area (Å²) in [5.74, 6) is 0.868. The Labute approximate surface area is 308 Å².